The molecule has 0 aliphatic carbocycles. The zero-order chi connectivity index (χ0) is 18.1. The molecule has 26 heavy (non-hydrogen) atoms. The maximum absolute atomic E-state index is 14.0. The second-order valence-electron chi connectivity index (χ2n) is 5.52. The van der Waals surface area contributed by atoms with E-state index in [0.717, 1.165) is 0 Å². The highest BCUT2D eigenvalue weighted by molar-refractivity contribution is 5.72. The number of halogens is 1. The van der Waals surface area contributed by atoms with Gasteiger partial charge < -0.3 is 5.32 Å². The smallest absolute Gasteiger partial charge is 0.218 e. The van der Waals surface area contributed by atoms with Crippen LogP contribution in [0, 0.1) is 17.3 Å². The van der Waals surface area contributed by atoms with E-state index in [0.29, 0.717) is 34.1 Å². The van der Waals surface area contributed by atoms with Crippen molar-refractivity contribution in [3.63, 3.8) is 0 Å². The highest BCUT2D eigenvalue weighted by atomic mass is 19.1. The molecular weight excluding hydrogens is 337 g/mol. The summed E-state index contributed by atoms with van der Waals surface area (Å²) < 4.78 is 15.6. The number of nitrogens with zero attached hydrogens (tertiary/aromatic N) is 7. The predicted octanol–water partition coefficient (Wildman–Crippen LogP) is 2.31. The SMILES string of the molecule is C[C@@H](c1cccnc1F)n1ncc2ncc(Nc3cc(C#N)[nH]n3)nc21. The number of rotatable bonds is 4. The lowest BCUT2D eigenvalue weighted by Gasteiger charge is -2.13. The van der Waals surface area contributed by atoms with Gasteiger partial charge in [0.25, 0.3) is 0 Å². The number of fused-ring (bicyclic) bond motifs is 1. The number of aromatic nitrogens is 7. The molecule has 0 radical (unpaired) electrons. The van der Waals surface area contributed by atoms with Gasteiger partial charge in [0.05, 0.1) is 18.4 Å². The number of hydrogen-bond donors (Lipinski definition) is 2. The molecule has 4 aromatic heterocycles. The van der Waals surface area contributed by atoms with Crippen molar-refractivity contribution in [2.75, 3.05) is 5.32 Å². The zero-order valence-electron chi connectivity index (χ0n) is 13.5. The maximum Gasteiger partial charge on any atom is 0.218 e. The normalized spacial score (nSPS) is 12.0. The van der Waals surface area contributed by atoms with E-state index in [4.69, 9.17) is 5.26 Å². The third-order valence-corrected chi connectivity index (χ3v) is 3.86. The van der Waals surface area contributed by atoms with Crippen molar-refractivity contribution in [2.24, 2.45) is 0 Å². The molecule has 4 rings (SSSR count). The first-order valence-corrected chi connectivity index (χ1v) is 7.69. The molecule has 4 aromatic rings. The quantitative estimate of drug-likeness (QED) is 0.542. The molecule has 128 valence electrons. The van der Waals surface area contributed by atoms with Crippen LogP contribution in [-0.2, 0) is 0 Å². The van der Waals surface area contributed by atoms with Gasteiger partial charge in [0.1, 0.15) is 17.3 Å². The van der Waals surface area contributed by atoms with Crippen molar-refractivity contribution in [2.45, 2.75) is 13.0 Å². The molecule has 0 amide bonds. The molecule has 0 unspecified atom stereocenters. The van der Waals surface area contributed by atoms with Gasteiger partial charge in [0.15, 0.2) is 17.3 Å². The summed E-state index contributed by atoms with van der Waals surface area (Å²) in [5, 5.41) is 22.6. The Morgan fingerprint density at radius 3 is 2.96 bits per heavy atom. The van der Waals surface area contributed by atoms with Crippen molar-refractivity contribution >= 4 is 22.8 Å². The van der Waals surface area contributed by atoms with E-state index < -0.39 is 12.0 Å². The average molecular weight is 349 g/mol. The van der Waals surface area contributed by atoms with Crippen molar-refractivity contribution < 1.29 is 4.39 Å². The summed E-state index contributed by atoms with van der Waals surface area (Å²) in [6.07, 6.45) is 4.50. The van der Waals surface area contributed by atoms with Crippen molar-refractivity contribution in [1.29, 1.82) is 5.26 Å². The molecule has 2 N–H and O–H groups in total. The number of pyridine rings is 1. The largest absolute Gasteiger partial charge is 0.322 e. The van der Waals surface area contributed by atoms with E-state index in [-0.39, 0.29) is 0 Å². The molecule has 9 nitrogen and oxygen atoms in total. The van der Waals surface area contributed by atoms with Crippen molar-refractivity contribution in [1.82, 2.24) is 34.9 Å². The second-order valence-corrected chi connectivity index (χ2v) is 5.52. The summed E-state index contributed by atoms with van der Waals surface area (Å²) in [6.45, 7) is 1.81. The van der Waals surface area contributed by atoms with E-state index >= 15 is 0 Å². The summed E-state index contributed by atoms with van der Waals surface area (Å²) in [5.41, 5.74) is 1.80. The third-order valence-electron chi connectivity index (χ3n) is 3.86. The summed E-state index contributed by atoms with van der Waals surface area (Å²) in [6, 6.07) is 6.42. The van der Waals surface area contributed by atoms with Crippen LogP contribution < -0.4 is 5.32 Å². The van der Waals surface area contributed by atoms with Gasteiger partial charge in [-0.1, -0.05) is 6.07 Å². The van der Waals surface area contributed by atoms with Crippen LogP contribution in [0.3, 0.4) is 0 Å². The van der Waals surface area contributed by atoms with Crippen LogP contribution in [-0.4, -0.2) is 34.9 Å². The van der Waals surface area contributed by atoms with Crippen molar-refractivity contribution in [3.05, 3.63) is 54.0 Å². The van der Waals surface area contributed by atoms with Gasteiger partial charge in [-0.3, -0.25) is 5.10 Å². The maximum atomic E-state index is 14.0. The van der Waals surface area contributed by atoms with Gasteiger partial charge in [0, 0.05) is 17.8 Å². The first-order chi connectivity index (χ1) is 12.7. The minimum Gasteiger partial charge on any atom is -0.322 e. The van der Waals surface area contributed by atoms with Crippen LogP contribution in [0.5, 0.6) is 0 Å². The number of hydrogen-bond acceptors (Lipinski definition) is 7. The van der Waals surface area contributed by atoms with Gasteiger partial charge in [0.2, 0.25) is 5.95 Å². The van der Waals surface area contributed by atoms with Crippen LogP contribution >= 0.6 is 0 Å². The Morgan fingerprint density at radius 2 is 2.19 bits per heavy atom. The summed E-state index contributed by atoms with van der Waals surface area (Å²) in [5.74, 6) is 0.313. The fourth-order valence-corrected chi connectivity index (χ4v) is 2.58. The zero-order valence-corrected chi connectivity index (χ0v) is 13.5. The molecule has 10 heteroatoms. The first kappa shape index (κ1) is 15.6. The Hall–Kier alpha value is -3.87. The van der Waals surface area contributed by atoms with Crippen LogP contribution in [0.1, 0.15) is 24.2 Å². The van der Waals surface area contributed by atoms with E-state index in [1.54, 1.807) is 36.0 Å². The molecule has 0 spiro atoms. The number of H-pyrrole nitrogens is 1. The number of anilines is 2. The monoisotopic (exact) mass is 349 g/mol. The Bertz CT molecular complexity index is 1120. The molecule has 1 atom stereocenters. The minimum absolute atomic E-state index is 0.326. The molecular formula is C16H12FN9. The summed E-state index contributed by atoms with van der Waals surface area (Å²) >= 11 is 0. The fourth-order valence-electron chi connectivity index (χ4n) is 2.58. The van der Waals surface area contributed by atoms with E-state index in [2.05, 4.69) is 35.6 Å². The fraction of sp³-hybridized carbons (Fsp3) is 0.125. The Balaban J connectivity index is 1.70. The van der Waals surface area contributed by atoms with Gasteiger partial charge in [-0.15, -0.1) is 0 Å². The number of aromatic amines is 1. The standard InChI is InChI=1S/C16H12FN9/c1-9(11-3-2-4-19-15(11)17)26-16-12(7-21-26)20-8-14(23-16)22-13-5-10(6-18)24-25-13/h2-5,7-9H,1H3,(H2,22,23,24,25)/t9-/m0/s1. The van der Waals surface area contributed by atoms with Gasteiger partial charge >= 0.3 is 0 Å². The Morgan fingerprint density at radius 1 is 1.31 bits per heavy atom. The third kappa shape index (κ3) is 2.71. The van der Waals surface area contributed by atoms with Crippen LogP contribution in [0.25, 0.3) is 11.2 Å². The summed E-state index contributed by atoms with van der Waals surface area (Å²) in [4.78, 5) is 12.5. The van der Waals surface area contributed by atoms with E-state index in [1.165, 1.54) is 12.4 Å². The van der Waals surface area contributed by atoms with Crippen LogP contribution in [0.2, 0.25) is 0 Å². The lowest BCUT2D eigenvalue weighted by atomic mass is 10.1. The molecule has 0 aliphatic heterocycles. The minimum atomic E-state index is -0.550. The van der Waals surface area contributed by atoms with E-state index in [9.17, 15) is 4.39 Å². The Labute approximate surface area is 146 Å². The molecule has 0 fully saturated rings. The number of nitriles is 1. The Kier molecular flexibility index (Phi) is 3.74. The average Bonchev–Trinajstić information content (AvgIpc) is 3.28. The molecule has 0 saturated heterocycles. The highest BCUT2D eigenvalue weighted by Crippen LogP contribution is 2.23. The van der Waals surface area contributed by atoms with Crippen molar-refractivity contribution in [3.8, 4) is 6.07 Å². The molecule has 4 heterocycles. The molecule has 0 aromatic carbocycles. The van der Waals surface area contributed by atoms with Crippen LogP contribution in [0.4, 0.5) is 16.0 Å². The van der Waals surface area contributed by atoms with Gasteiger partial charge in [-0.2, -0.15) is 19.8 Å². The molecule has 0 saturated carbocycles. The lowest BCUT2D eigenvalue weighted by molar-refractivity contribution is 0.508. The lowest BCUT2D eigenvalue weighted by Crippen LogP contribution is -2.12. The van der Waals surface area contributed by atoms with Gasteiger partial charge in [-0.05, 0) is 13.0 Å². The predicted molar refractivity (Wildman–Crippen MR) is 89.9 cm³/mol. The molecule has 0 aliphatic rings. The van der Waals surface area contributed by atoms with Crippen LogP contribution in [0.15, 0.2) is 36.8 Å². The topological polar surface area (TPSA) is 121 Å². The molecule has 0 bridgehead atoms. The second kappa shape index (κ2) is 6.21. The first-order valence-electron chi connectivity index (χ1n) is 7.69. The summed E-state index contributed by atoms with van der Waals surface area (Å²) in [7, 11) is 0. The highest BCUT2D eigenvalue weighted by Gasteiger charge is 2.18. The van der Waals surface area contributed by atoms with Gasteiger partial charge in [-0.25, -0.2) is 19.6 Å². The van der Waals surface area contributed by atoms with E-state index in [1.807, 2.05) is 6.07 Å². The number of nitrogens with one attached hydrogen (secondary N) is 2.